The third kappa shape index (κ3) is 3.41. The van der Waals surface area contributed by atoms with Crippen molar-refractivity contribution in [2.45, 2.75) is 17.7 Å². The Kier molecular flexibility index (Phi) is 4.52. The first-order chi connectivity index (χ1) is 10.0. The predicted molar refractivity (Wildman–Crippen MR) is 96.0 cm³/mol. The van der Waals surface area contributed by atoms with Crippen LogP contribution in [0.25, 0.3) is 0 Å². The molecule has 0 saturated heterocycles. The molecule has 0 fully saturated rings. The van der Waals surface area contributed by atoms with Gasteiger partial charge < -0.3 is 5.32 Å². The molecule has 0 radical (unpaired) electrons. The number of hydrogen-bond donors (Lipinski definition) is 1. The number of benzene rings is 2. The van der Waals surface area contributed by atoms with Crippen molar-refractivity contribution in [2.75, 3.05) is 5.32 Å². The average molecular weight is 474 g/mol. The number of halogens is 3. The third-order valence-electron chi connectivity index (χ3n) is 3.49. The van der Waals surface area contributed by atoms with Crippen LogP contribution in [0.3, 0.4) is 0 Å². The topological polar surface area (TPSA) is 29.1 Å². The second-order valence-corrected chi connectivity index (χ2v) is 7.78. The number of carbonyl (C=O) groups excluding carboxylic acids is 1. The van der Waals surface area contributed by atoms with Crippen LogP contribution in [0.5, 0.6) is 0 Å². The zero-order valence-electron chi connectivity index (χ0n) is 11.0. The largest absolute Gasteiger partial charge is 0.326 e. The van der Waals surface area contributed by atoms with Crippen molar-refractivity contribution >= 4 is 59.4 Å². The van der Waals surface area contributed by atoms with Gasteiger partial charge in [0.05, 0.1) is 4.83 Å². The summed E-state index contributed by atoms with van der Waals surface area (Å²) in [5, 5.41) is 2.91. The number of aryl methyl sites for hydroxylation is 1. The summed E-state index contributed by atoms with van der Waals surface area (Å²) in [4.78, 5) is 11.5. The van der Waals surface area contributed by atoms with Crippen LogP contribution in [0, 0.1) is 0 Å². The quantitative estimate of drug-likeness (QED) is 0.567. The molecule has 1 atom stereocenters. The molecule has 108 valence electrons. The van der Waals surface area contributed by atoms with E-state index in [1.807, 2.05) is 12.1 Å². The minimum absolute atomic E-state index is 0.0987. The van der Waals surface area contributed by atoms with E-state index in [4.69, 9.17) is 0 Å². The van der Waals surface area contributed by atoms with Crippen molar-refractivity contribution in [1.82, 2.24) is 0 Å². The Hall–Kier alpha value is -0.650. The number of hydrogen-bond acceptors (Lipinski definition) is 1. The Morgan fingerprint density at radius 2 is 1.67 bits per heavy atom. The molecule has 21 heavy (non-hydrogen) atoms. The molecule has 0 aliphatic carbocycles. The van der Waals surface area contributed by atoms with Gasteiger partial charge in [0.2, 0.25) is 5.91 Å². The molecule has 1 aliphatic rings. The van der Waals surface area contributed by atoms with Gasteiger partial charge in [0.25, 0.3) is 0 Å². The average Bonchev–Trinajstić information content (AvgIpc) is 2.45. The lowest BCUT2D eigenvalue weighted by Crippen LogP contribution is -2.19. The number of nitrogens with one attached hydrogen (secondary N) is 1. The second-order valence-electron chi connectivity index (χ2n) is 5.03. The van der Waals surface area contributed by atoms with E-state index in [2.05, 4.69) is 77.4 Å². The zero-order chi connectivity index (χ0) is 15.0. The third-order valence-corrected chi connectivity index (χ3v) is 5.47. The molecule has 0 saturated carbocycles. The highest BCUT2D eigenvalue weighted by molar-refractivity contribution is 9.11. The van der Waals surface area contributed by atoms with Gasteiger partial charge in [-0.25, -0.2) is 0 Å². The fourth-order valence-corrected chi connectivity index (χ4v) is 4.35. The summed E-state index contributed by atoms with van der Waals surface area (Å²) >= 11 is 10.8. The normalized spacial score (nSPS) is 15.3. The van der Waals surface area contributed by atoms with Gasteiger partial charge in [0.15, 0.2) is 0 Å². The van der Waals surface area contributed by atoms with E-state index in [1.165, 1.54) is 16.7 Å². The van der Waals surface area contributed by atoms with Crippen LogP contribution in [0.2, 0.25) is 0 Å². The summed E-state index contributed by atoms with van der Waals surface area (Å²) in [7, 11) is 0. The summed E-state index contributed by atoms with van der Waals surface area (Å²) in [5.41, 5.74) is 4.50. The van der Waals surface area contributed by atoms with Crippen molar-refractivity contribution in [3.63, 3.8) is 0 Å². The van der Waals surface area contributed by atoms with E-state index in [0.29, 0.717) is 6.42 Å². The number of alkyl halides is 1. The molecule has 1 unspecified atom stereocenters. The molecule has 0 bridgehead atoms. The summed E-state index contributed by atoms with van der Waals surface area (Å²) in [6.45, 7) is 0. The highest BCUT2D eigenvalue weighted by Crippen LogP contribution is 2.36. The number of fused-ring (bicyclic) bond motifs is 1. The fraction of sp³-hybridized carbons (Fsp3) is 0.188. The van der Waals surface area contributed by atoms with E-state index < -0.39 is 0 Å². The molecule has 0 spiro atoms. The first-order valence-electron chi connectivity index (χ1n) is 6.55. The van der Waals surface area contributed by atoms with Crippen LogP contribution in [0.15, 0.2) is 45.3 Å². The van der Waals surface area contributed by atoms with Crippen LogP contribution in [-0.2, 0) is 11.2 Å². The molecule has 3 rings (SSSR count). The minimum Gasteiger partial charge on any atom is -0.326 e. The summed E-state index contributed by atoms with van der Waals surface area (Å²) in [5.74, 6) is 0.0987. The highest BCUT2D eigenvalue weighted by atomic mass is 79.9. The second kappa shape index (κ2) is 6.23. The number of carbonyl (C=O) groups is 1. The standard InChI is InChI=1S/C16H12Br3NO/c17-12-6-11(7-13(18)8-12)16(19)10-1-3-14-9(5-10)2-4-15(21)20-14/h1,3,5-8,16H,2,4H2,(H,20,21). The molecule has 2 aromatic carbocycles. The van der Waals surface area contributed by atoms with Gasteiger partial charge in [-0.3, -0.25) is 4.79 Å². The van der Waals surface area contributed by atoms with Gasteiger partial charge in [-0.15, -0.1) is 0 Å². The van der Waals surface area contributed by atoms with Crippen LogP contribution in [-0.4, -0.2) is 5.91 Å². The number of anilines is 1. The fourth-order valence-electron chi connectivity index (χ4n) is 2.47. The predicted octanol–water partition coefficient (Wildman–Crippen LogP) is 5.58. The monoisotopic (exact) mass is 471 g/mol. The van der Waals surface area contributed by atoms with Crippen molar-refractivity contribution in [2.24, 2.45) is 0 Å². The van der Waals surface area contributed by atoms with Crippen LogP contribution in [0.4, 0.5) is 5.69 Å². The van der Waals surface area contributed by atoms with Gasteiger partial charge in [0.1, 0.15) is 0 Å². The van der Waals surface area contributed by atoms with Gasteiger partial charge in [-0.1, -0.05) is 59.9 Å². The molecule has 1 N–H and O–H groups in total. The molecule has 5 heteroatoms. The smallest absolute Gasteiger partial charge is 0.224 e. The van der Waals surface area contributed by atoms with Crippen molar-refractivity contribution in [1.29, 1.82) is 0 Å². The molecule has 1 heterocycles. The summed E-state index contributed by atoms with van der Waals surface area (Å²) in [6, 6.07) is 12.4. The van der Waals surface area contributed by atoms with E-state index in [9.17, 15) is 4.79 Å². The number of amides is 1. The van der Waals surface area contributed by atoms with E-state index >= 15 is 0 Å². The van der Waals surface area contributed by atoms with Crippen molar-refractivity contribution in [3.05, 3.63) is 62.0 Å². The van der Waals surface area contributed by atoms with Crippen LogP contribution < -0.4 is 5.32 Å². The number of rotatable bonds is 2. The maximum absolute atomic E-state index is 11.4. The lowest BCUT2D eigenvalue weighted by atomic mass is 9.97. The molecular formula is C16H12Br3NO. The van der Waals surface area contributed by atoms with E-state index in [-0.39, 0.29) is 10.7 Å². The molecule has 1 amide bonds. The highest BCUT2D eigenvalue weighted by Gasteiger charge is 2.18. The lowest BCUT2D eigenvalue weighted by Gasteiger charge is -2.19. The Morgan fingerprint density at radius 1 is 0.952 bits per heavy atom. The van der Waals surface area contributed by atoms with E-state index in [0.717, 1.165) is 21.1 Å². The molecule has 2 nitrogen and oxygen atoms in total. The van der Waals surface area contributed by atoms with Crippen molar-refractivity contribution < 1.29 is 4.79 Å². The van der Waals surface area contributed by atoms with Gasteiger partial charge in [-0.2, -0.15) is 0 Å². The Labute approximate surface area is 148 Å². The molecule has 1 aliphatic heterocycles. The maximum atomic E-state index is 11.4. The summed E-state index contributed by atoms with van der Waals surface area (Å²) < 4.78 is 2.09. The molecule has 0 aromatic heterocycles. The maximum Gasteiger partial charge on any atom is 0.224 e. The zero-order valence-corrected chi connectivity index (χ0v) is 15.8. The first kappa shape index (κ1) is 15.3. The SMILES string of the molecule is O=C1CCc2cc(C(Br)c3cc(Br)cc(Br)c3)ccc2N1. The Balaban J connectivity index is 1.94. The van der Waals surface area contributed by atoms with Crippen LogP contribution in [0.1, 0.15) is 27.9 Å². The van der Waals surface area contributed by atoms with E-state index in [1.54, 1.807) is 0 Å². The summed E-state index contributed by atoms with van der Waals surface area (Å²) in [6.07, 6.45) is 1.36. The minimum atomic E-state index is 0.0987. The Bertz CT molecular complexity index is 694. The van der Waals surface area contributed by atoms with Gasteiger partial charge in [0, 0.05) is 21.1 Å². The first-order valence-corrected chi connectivity index (χ1v) is 9.06. The molecular weight excluding hydrogens is 462 g/mol. The Morgan fingerprint density at radius 3 is 2.38 bits per heavy atom. The van der Waals surface area contributed by atoms with Crippen LogP contribution >= 0.6 is 47.8 Å². The van der Waals surface area contributed by atoms with Crippen molar-refractivity contribution in [3.8, 4) is 0 Å². The van der Waals surface area contributed by atoms with Gasteiger partial charge >= 0.3 is 0 Å². The molecule has 2 aromatic rings. The van der Waals surface area contributed by atoms with Gasteiger partial charge in [-0.05, 0) is 47.4 Å². The lowest BCUT2D eigenvalue weighted by molar-refractivity contribution is -0.116.